The minimum absolute atomic E-state index is 0.0546. The third-order valence-corrected chi connectivity index (χ3v) is 3.26. The molecule has 3 rings (SSSR count). The first-order valence-corrected chi connectivity index (χ1v) is 5.86. The Balaban J connectivity index is 1.96. The van der Waals surface area contributed by atoms with E-state index in [9.17, 15) is 9.59 Å². The maximum Gasteiger partial charge on any atom is 0.417 e. The van der Waals surface area contributed by atoms with Crippen LogP contribution < -0.4 is 11.5 Å². The molecule has 0 saturated carbocycles. The van der Waals surface area contributed by atoms with E-state index in [1.54, 1.807) is 18.2 Å². The number of benzene rings is 1. The lowest BCUT2D eigenvalue weighted by Crippen LogP contribution is -2.45. The summed E-state index contributed by atoms with van der Waals surface area (Å²) in [6.07, 6.45) is 0.0546. The fourth-order valence-electron chi connectivity index (χ4n) is 2.07. The lowest BCUT2D eigenvalue weighted by atomic mass is 9.94. The molecule has 1 aromatic carbocycles. The summed E-state index contributed by atoms with van der Waals surface area (Å²) in [6, 6.07) is 4.95. The second kappa shape index (κ2) is 4.20. The molecule has 0 radical (unpaired) electrons. The first kappa shape index (κ1) is 12.4. The maximum absolute atomic E-state index is 11.2. The molecule has 2 aromatic rings. The predicted octanol–water partition coefficient (Wildman–Crippen LogP) is 0.0276. The molecule has 1 aromatic heterocycles. The summed E-state index contributed by atoms with van der Waals surface area (Å²) in [5.74, 6) is -1.71. The number of nitrogens with two attached hydrogens (primary N) is 1. The molecular weight excluding hydrogens is 266 g/mol. The van der Waals surface area contributed by atoms with Crippen LogP contribution in [-0.4, -0.2) is 33.9 Å². The van der Waals surface area contributed by atoms with Crippen LogP contribution in [0.4, 0.5) is 0 Å². The minimum Gasteiger partial charge on any atom is -0.478 e. The molecule has 0 amide bonds. The summed E-state index contributed by atoms with van der Waals surface area (Å²) in [7, 11) is 0. The van der Waals surface area contributed by atoms with Crippen molar-refractivity contribution in [2.24, 2.45) is 10.9 Å². The highest BCUT2D eigenvalue weighted by molar-refractivity contribution is 6.06. The number of aliphatic carboxylic acids is 1. The molecule has 104 valence electrons. The number of fused-ring (bicyclic) bond motifs is 1. The van der Waals surface area contributed by atoms with Crippen molar-refractivity contribution in [1.82, 2.24) is 4.98 Å². The van der Waals surface area contributed by atoms with Gasteiger partial charge in [-0.2, -0.15) is 0 Å². The zero-order chi connectivity index (χ0) is 14.3. The number of H-pyrrole nitrogens is 1. The molecule has 8 nitrogen and oxygen atoms in total. The largest absolute Gasteiger partial charge is 0.478 e. The molecule has 0 saturated heterocycles. The van der Waals surface area contributed by atoms with Gasteiger partial charge >= 0.3 is 11.7 Å². The van der Waals surface area contributed by atoms with Crippen molar-refractivity contribution in [3.63, 3.8) is 0 Å². The molecule has 4 N–H and O–H groups in total. The highest BCUT2D eigenvalue weighted by Gasteiger charge is 2.46. The standard InChI is InChI=1S/C12H11N3O5/c13-5-12(10(16)17)4-8(15-20-12)6-1-2-7-9(3-6)19-11(18)14-7/h1-3H,4-5,13H2,(H,14,18)(H,16,17). The monoisotopic (exact) mass is 277 g/mol. The number of rotatable bonds is 3. The lowest BCUT2D eigenvalue weighted by Gasteiger charge is -2.18. The summed E-state index contributed by atoms with van der Waals surface area (Å²) >= 11 is 0. The summed E-state index contributed by atoms with van der Waals surface area (Å²) in [5.41, 5.74) is 5.93. The summed E-state index contributed by atoms with van der Waals surface area (Å²) in [4.78, 5) is 29.8. The number of hydrogen-bond acceptors (Lipinski definition) is 6. The van der Waals surface area contributed by atoms with E-state index < -0.39 is 17.3 Å². The number of nitrogens with one attached hydrogen (secondary N) is 1. The van der Waals surface area contributed by atoms with Crippen LogP contribution in [0.1, 0.15) is 12.0 Å². The Kier molecular flexibility index (Phi) is 2.61. The molecule has 1 aliphatic rings. The topological polar surface area (TPSA) is 131 Å². The smallest absolute Gasteiger partial charge is 0.417 e. The van der Waals surface area contributed by atoms with Crippen LogP contribution in [0.25, 0.3) is 11.1 Å². The van der Waals surface area contributed by atoms with E-state index in [0.29, 0.717) is 22.4 Å². The summed E-state index contributed by atoms with van der Waals surface area (Å²) in [5, 5.41) is 13.0. The van der Waals surface area contributed by atoms with E-state index in [2.05, 4.69) is 10.1 Å². The Labute approximate surface area is 111 Å². The number of aromatic amines is 1. The van der Waals surface area contributed by atoms with Crippen LogP contribution in [0.5, 0.6) is 0 Å². The van der Waals surface area contributed by atoms with Gasteiger partial charge in [-0.1, -0.05) is 11.2 Å². The second-order valence-electron chi connectivity index (χ2n) is 4.54. The zero-order valence-electron chi connectivity index (χ0n) is 10.3. The van der Waals surface area contributed by atoms with E-state index in [4.69, 9.17) is 20.1 Å². The third-order valence-electron chi connectivity index (χ3n) is 3.26. The van der Waals surface area contributed by atoms with E-state index in [-0.39, 0.29) is 13.0 Å². The molecule has 8 heteroatoms. The van der Waals surface area contributed by atoms with Gasteiger partial charge in [0.2, 0.25) is 0 Å². The van der Waals surface area contributed by atoms with Crippen LogP contribution in [0.2, 0.25) is 0 Å². The molecule has 0 bridgehead atoms. The second-order valence-corrected chi connectivity index (χ2v) is 4.54. The van der Waals surface area contributed by atoms with Gasteiger partial charge in [0, 0.05) is 18.5 Å². The number of oxazole rings is 1. The van der Waals surface area contributed by atoms with Crippen LogP contribution in [0, 0.1) is 0 Å². The molecule has 2 heterocycles. The van der Waals surface area contributed by atoms with Crippen molar-refractivity contribution in [2.75, 3.05) is 6.54 Å². The first-order chi connectivity index (χ1) is 9.54. The average Bonchev–Trinajstić information content (AvgIpc) is 3.00. The third kappa shape index (κ3) is 1.77. The van der Waals surface area contributed by atoms with Crippen LogP contribution in [0.15, 0.2) is 32.6 Å². The van der Waals surface area contributed by atoms with E-state index in [1.165, 1.54) is 0 Å². The molecule has 0 fully saturated rings. The van der Waals surface area contributed by atoms with Gasteiger partial charge in [-0.15, -0.1) is 0 Å². The number of nitrogens with zero attached hydrogens (tertiary/aromatic N) is 1. The van der Waals surface area contributed by atoms with Gasteiger partial charge in [0.1, 0.15) is 0 Å². The lowest BCUT2D eigenvalue weighted by molar-refractivity contribution is -0.161. The average molecular weight is 277 g/mol. The molecule has 1 atom stereocenters. The van der Waals surface area contributed by atoms with Gasteiger partial charge in [-0.25, -0.2) is 9.59 Å². The number of carboxylic acids is 1. The van der Waals surface area contributed by atoms with E-state index >= 15 is 0 Å². The minimum atomic E-state index is -1.52. The number of aromatic nitrogens is 1. The van der Waals surface area contributed by atoms with Crippen molar-refractivity contribution in [1.29, 1.82) is 0 Å². The fourth-order valence-corrected chi connectivity index (χ4v) is 2.07. The number of hydrogen-bond donors (Lipinski definition) is 3. The van der Waals surface area contributed by atoms with Gasteiger partial charge in [0.15, 0.2) is 5.58 Å². The highest BCUT2D eigenvalue weighted by Crippen LogP contribution is 2.27. The van der Waals surface area contributed by atoms with Gasteiger partial charge in [0.05, 0.1) is 11.2 Å². The normalized spacial score (nSPS) is 21.8. The van der Waals surface area contributed by atoms with Crippen molar-refractivity contribution in [2.45, 2.75) is 12.0 Å². The van der Waals surface area contributed by atoms with Gasteiger partial charge in [-0.3, -0.25) is 4.98 Å². The Morgan fingerprint density at radius 1 is 1.55 bits per heavy atom. The number of oxime groups is 1. The van der Waals surface area contributed by atoms with E-state index in [1.807, 2.05) is 0 Å². The number of carbonyl (C=O) groups is 1. The maximum atomic E-state index is 11.2. The summed E-state index contributed by atoms with van der Waals surface area (Å²) in [6.45, 7) is -0.184. The Morgan fingerprint density at radius 3 is 3.00 bits per heavy atom. The van der Waals surface area contributed by atoms with E-state index in [0.717, 1.165) is 0 Å². The van der Waals surface area contributed by atoms with Crippen LogP contribution in [-0.2, 0) is 9.63 Å². The first-order valence-electron chi connectivity index (χ1n) is 5.86. The Hall–Kier alpha value is -2.61. The molecule has 0 spiro atoms. The predicted molar refractivity (Wildman–Crippen MR) is 68.5 cm³/mol. The van der Waals surface area contributed by atoms with Gasteiger partial charge < -0.3 is 20.1 Å². The highest BCUT2D eigenvalue weighted by atomic mass is 16.7. The quantitative estimate of drug-likeness (QED) is 0.725. The fraction of sp³-hybridized carbons (Fsp3) is 0.250. The van der Waals surface area contributed by atoms with Crippen molar-refractivity contribution in [3.8, 4) is 0 Å². The van der Waals surface area contributed by atoms with Gasteiger partial charge in [0.25, 0.3) is 5.60 Å². The van der Waals surface area contributed by atoms with Crippen molar-refractivity contribution < 1.29 is 19.2 Å². The zero-order valence-corrected chi connectivity index (χ0v) is 10.3. The SMILES string of the molecule is NCC1(C(=O)O)CC(c2ccc3[nH]c(=O)oc3c2)=NO1. The molecule has 0 aliphatic carbocycles. The van der Waals surface area contributed by atoms with Crippen LogP contribution in [0.3, 0.4) is 0 Å². The molecule has 1 aliphatic heterocycles. The van der Waals surface area contributed by atoms with Crippen LogP contribution >= 0.6 is 0 Å². The Morgan fingerprint density at radius 2 is 2.35 bits per heavy atom. The summed E-state index contributed by atoms with van der Waals surface area (Å²) < 4.78 is 4.95. The van der Waals surface area contributed by atoms with Crippen molar-refractivity contribution in [3.05, 3.63) is 34.3 Å². The number of carboxylic acid groups (broad SMARTS) is 1. The van der Waals surface area contributed by atoms with Crippen molar-refractivity contribution >= 4 is 22.8 Å². The van der Waals surface area contributed by atoms with Gasteiger partial charge in [-0.05, 0) is 12.1 Å². The molecular formula is C12H11N3O5. The Bertz CT molecular complexity index is 775. The molecule has 1 unspecified atom stereocenters. The molecule has 20 heavy (non-hydrogen) atoms.